The topological polar surface area (TPSA) is 66.6 Å². The molecular formula is C7H18ClN3O2S. The lowest BCUT2D eigenvalue weighted by atomic mass is 10.0. The Hall–Kier alpha value is 0.120. The zero-order valence-electron chi connectivity index (χ0n) is 8.73. The first-order chi connectivity index (χ1) is 5.73. The smallest absolute Gasteiger partial charge is 0.211 e. The summed E-state index contributed by atoms with van der Waals surface area (Å²) < 4.78 is 24.0. The van der Waals surface area contributed by atoms with Crippen LogP contribution in [0.2, 0.25) is 0 Å². The first kappa shape index (κ1) is 14.1. The number of piperazine rings is 1. The van der Waals surface area contributed by atoms with Crippen LogP contribution in [-0.2, 0) is 10.0 Å². The van der Waals surface area contributed by atoms with Crippen molar-refractivity contribution < 1.29 is 8.42 Å². The van der Waals surface area contributed by atoms with E-state index in [1.54, 1.807) is 5.01 Å². The van der Waals surface area contributed by atoms with Crippen LogP contribution in [-0.4, -0.2) is 49.2 Å². The largest absolute Gasteiger partial charge is 0.268 e. The maximum atomic E-state index is 11.2. The van der Waals surface area contributed by atoms with Crippen LogP contribution in [0.5, 0.6) is 0 Å². The van der Waals surface area contributed by atoms with Gasteiger partial charge in [-0.15, -0.1) is 12.4 Å². The van der Waals surface area contributed by atoms with Gasteiger partial charge in [-0.05, 0) is 13.8 Å². The average molecular weight is 244 g/mol. The van der Waals surface area contributed by atoms with Gasteiger partial charge in [-0.3, -0.25) is 5.84 Å². The number of nitrogens with zero attached hydrogens (tertiary/aromatic N) is 2. The molecule has 2 N–H and O–H groups in total. The number of hydrogen-bond acceptors (Lipinski definition) is 4. The van der Waals surface area contributed by atoms with E-state index in [0.717, 1.165) is 0 Å². The summed E-state index contributed by atoms with van der Waals surface area (Å²) in [6, 6.07) is 0. The van der Waals surface area contributed by atoms with Crippen molar-refractivity contribution in [3.8, 4) is 0 Å². The van der Waals surface area contributed by atoms with E-state index in [4.69, 9.17) is 5.84 Å². The first-order valence-electron chi connectivity index (χ1n) is 4.21. The number of hydrazine groups is 1. The molecule has 7 heteroatoms. The highest BCUT2D eigenvalue weighted by Crippen LogP contribution is 2.18. The van der Waals surface area contributed by atoms with Gasteiger partial charge in [-0.1, -0.05) is 0 Å². The summed E-state index contributed by atoms with van der Waals surface area (Å²) in [5.41, 5.74) is -0.276. The molecule has 0 spiro atoms. The summed E-state index contributed by atoms with van der Waals surface area (Å²) in [6.07, 6.45) is 1.23. The van der Waals surface area contributed by atoms with Crippen molar-refractivity contribution in [2.75, 3.05) is 25.9 Å². The number of nitrogens with two attached hydrogens (primary N) is 1. The fraction of sp³-hybridized carbons (Fsp3) is 1.00. The van der Waals surface area contributed by atoms with E-state index in [9.17, 15) is 8.42 Å². The second kappa shape index (κ2) is 4.32. The normalized spacial score (nSPS) is 24.3. The Morgan fingerprint density at radius 2 is 1.79 bits per heavy atom. The van der Waals surface area contributed by atoms with Gasteiger partial charge < -0.3 is 0 Å². The van der Waals surface area contributed by atoms with Crippen LogP contribution in [0.3, 0.4) is 0 Å². The van der Waals surface area contributed by atoms with Gasteiger partial charge in [0.25, 0.3) is 0 Å². The molecule has 0 aromatic heterocycles. The molecule has 1 saturated heterocycles. The molecule has 0 bridgehead atoms. The van der Waals surface area contributed by atoms with Crippen LogP contribution in [0, 0.1) is 0 Å². The summed E-state index contributed by atoms with van der Waals surface area (Å²) in [5.74, 6) is 5.73. The lowest BCUT2D eigenvalue weighted by molar-refractivity contribution is 0.0547. The Bertz CT molecular complexity index is 291. The molecule has 1 fully saturated rings. The second-order valence-corrected chi connectivity index (χ2v) is 6.08. The third kappa shape index (κ3) is 3.06. The van der Waals surface area contributed by atoms with Crippen molar-refractivity contribution in [2.45, 2.75) is 19.4 Å². The molecule has 1 aliphatic rings. The highest BCUT2D eigenvalue weighted by atomic mass is 35.5. The van der Waals surface area contributed by atoms with Crippen molar-refractivity contribution in [1.82, 2.24) is 9.31 Å². The van der Waals surface area contributed by atoms with Gasteiger partial charge in [0.15, 0.2) is 0 Å². The Morgan fingerprint density at radius 1 is 1.29 bits per heavy atom. The number of halogens is 1. The van der Waals surface area contributed by atoms with Crippen molar-refractivity contribution in [2.24, 2.45) is 5.84 Å². The number of sulfonamides is 1. The molecule has 0 aromatic rings. The molecule has 5 nitrogen and oxygen atoms in total. The Labute approximate surface area is 91.7 Å². The molecule has 0 radical (unpaired) electrons. The fourth-order valence-corrected chi connectivity index (χ4v) is 2.37. The highest BCUT2D eigenvalue weighted by molar-refractivity contribution is 7.88. The predicted octanol–water partition coefficient (Wildman–Crippen LogP) is -0.362. The number of hydrogen-bond donors (Lipinski definition) is 1. The van der Waals surface area contributed by atoms with Crippen molar-refractivity contribution in [3.05, 3.63) is 0 Å². The highest BCUT2D eigenvalue weighted by Gasteiger charge is 2.35. The minimum atomic E-state index is -3.07. The minimum absolute atomic E-state index is 0. The molecule has 1 heterocycles. The quantitative estimate of drug-likeness (QED) is 0.639. The molecule has 1 rings (SSSR count). The molecule has 0 atom stereocenters. The van der Waals surface area contributed by atoms with Crippen LogP contribution in [0.1, 0.15) is 13.8 Å². The van der Waals surface area contributed by atoms with E-state index in [1.807, 2.05) is 13.8 Å². The van der Waals surface area contributed by atoms with Crippen LogP contribution < -0.4 is 5.84 Å². The van der Waals surface area contributed by atoms with E-state index in [-0.39, 0.29) is 17.9 Å². The molecule has 0 aromatic carbocycles. The minimum Gasteiger partial charge on any atom is -0.268 e. The van der Waals surface area contributed by atoms with Crippen LogP contribution in [0.25, 0.3) is 0 Å². The van der Waals surface area contributed by atoms with E-state index in [0.29, 0.717) is 19.6 Å². The van der Waals surface area contributed by atoms with Gasteiger partial charge in [0, 0.05) is 25.2 Å². The zero-order valence-corrected chi connectivity index (χ0v) is 10.4. The van der Waals surface area contributed by atoms with Crippen molar-refractivity contribution in [1.29, 1.82) is 0 Å². The molecule has 14 heavy (non-hydrogen) atoms. The summed E-state index contributed by atoms with van der Waals surface area (Å²) in [5, 5.41) is 1.69. The summed E-state index contributed by atoms with van der Waals surface area (Å²) in [7, 11) is -3.07. The molecule has 0 amide bonds. The fourth-order valence-electron chi connectivity index (χ4n) is 1.41. The van der Waals surface area contributed by atoms with Gasteiger partial charge in [0.2, 0.25) is 10.0 Å². The second-order valence-electron chi connectivity index (χ2n) is 4.10. The third-order valence-corrected chi connectivity index (χ3v) is 3.65. The standard InChI is InChI=1S/C7H17N3O2S.ClH/c1-7(2)6-9(13(3,11)12)4-5-10(7)8;/h4-6,8H2,1-3H3;1H. The van der Waals surface area contributed by atoms with Gasteiger partial charge >= 0.3 is 0 Å². The zero-order chi connectivity index (χ0) is 10.3. The Kier molecular flexibility index (Phi) is 4.36. The lowest BCUT2D eigenvalue weighted by Crippen LogP contribution is -2.62. The van der Waals surface area contributed by atoms with Crippen molar-refractivity contribution in [3.63, 3.8) is 0 Å². The first-order valence-corrected chi connectivity index (χ1v) is 6.06. The Morgan fingerprint density at radius 3 is 2.14 bits per heavy atom. The van der Waals surface area contributed by atoms with E-state index in [2.05, 4.69) is 0 Å². The van der Waals surface area contributed by atoms with Gasteiger partial charge in [0.05, 0.1) is 6.26 Å². The van der Waals surface area contributed by atoms with Crippen LogP contribution >= 0.6 is 12.4 Å². The SMILES string of the molecule is CC1(C)CN(S(C)(=O)=O)CCN1N.Cl. The van der Waals surface area contributed by atoms with Crippen LogP contribution in [0.15, 0.2) is 0 Å². The summed E-state index contributed by atoms with van der Waals surface area (Å²) in [4.78, 5) is 0. The van der Waals surface area contributed by atoms with Gasteiger partial charge in [0.1, 0.15) is 0 Å². The van der Waals surface area contributed by atoms with Crippen molar-refractivity contribution >= 4 is 22.4 Å². The molecule has 1 aliphatic heterocycles. The predicted molar refractivity (Wildman–Crippen MR) is 58.6 cm³/mol. The summed E-state index contributed by atoms with van der Waals surface area (Å²) in [6.45, 7) is 5.40. The maximum Gasteiger partial charge on any atom is 0.211 e. The maximum absolute atomic E-state index is 11.2. The third-order valence-electron chi connectivity index (χ3n) is 2.40. The van der Waals surface area contributed by atoms with E-state index in [1.165, 1.54) is 10.6 Å². The van der Waals surface area contributed by atoms with E-state index < -0.39 is 10.0 Å². The van der Waals surface area contributed by atoms with Gasteiger partial charge in [-0.2, -0.15) is 4.31 Å². The monoisotopic (exact) mass is 243 g/mol. The molecular weight excluding hydrogens is 226 g/mol. The molecule has 0 saturated carbocycles. The van der Waals surface area contributed by atoms with E-state index >= 15 is 0 Å². The number of rotatable bonds is 1. The summed E-state index contributed by atoms with van der Waals surface area (Å²) >= 11 is 0. The average Bonchev–Trinajstić information content (AvgIpc) is 1.92. The Balaban J connectivity index is 0.00000169. The van der Waals surface area contributed by atoms with Gasteiger partial charge in [-0.25, -0.2) is 13.4 Å². The lowest BCUT2D eigenvalue weighted by Gasteiger charge is -2.43. The molecule has 0 aliphatic carbocycles. The molecule has 0 unspecified atom stereocenters. The molecule has 86 valence electrons. The van der Waals surface area contributed by atoms with Crippen LogP contribution in [0.4, 0.5) is 0 Å².